The number of hydrogen-bond acceptors (Lipinski definition) is 5. The van der Waals surface area contributed by atoms with Crippen molar-refractivity contribution in [1.82, 2.24) is 9.21 Å². The second kappa shape index (κ2) is 9.67. The lowest BCUT2D eigenvalue weighted by molar-refractivity contribution is 0.0339. The van der Waals surface area contributed by atoms with Gasteiger partial charge in [0.05, 0.1) is 18.8 Å². The molecule has 2 aliphatic rings. The SMILES string of the molecule is COC1CN(C(=O)c2cc(C)ccc2C)CC1Oc1cccc(CS(=O)(=O)N2CC=CC2)c1. The van der Waals surface area contributed by atoms with Crippen molar-refractivity contribution in [1.29, 1.82) is 0 Å². The quantitative estimate of drug-likeness (QED) is 0.582. The van der Waals surface area contributed by atoms with Crippen molar-refractivity contribution in [2.45, 2.75) is 31.8 Å². The molecule has 0 aliphatic carbocycles. The Kier molecular flexibility index (Phi) is 6.88. The lowest BCUT2D eigenvalue weighted by Gasteiger charge is -2.20. The first-order valence-corrected chi connectivity index (χ1v) is 12.7. The summed E-state index contributed by atoms with van der Waals surface area (Å²) in [6.45, 7) is 5.57. The smallest absolute Gasteiger partial charge is 0.254 e. The summed E-state index contributed by atoms with van der Waals surface area (Å²) in [5.41, 5.74) is 3.32. The number of amides is 1. The number of benzene rings is 2. The highest BCUT2D eigenvalue weighted by atomic mass is 32.2. The van der Waals surface area contributed by atoms with Gasteiger partial charge in [0.15, 0.2) is 0 Å². The van der Waals surface area contributed by atoms with E-state index in [-0.39, 0.29) is 23.9 Å². The molecule has 2 atom stereocenters. The molecule has 1 fully saturated rings. The third kappa shape index (κ3) is 5.29. The summed E-state index contributed by atoms with van der Waals surface area (Å²) in [5, 5.41) is 0. The van der Waals surface area contributed by atoms with Crippen molar-refractivity contribution in [3.05, 3.63) is 76.9 Å². The van der Waals surface area contributed by atoms with Crippen LogP contribution in [-0.4, -0.2) is 69.0 Å². The number of sulfonamides is 1. The van der Waals surface area contributed by atoms with Gasteiger partial charge in [0.25, 0.3) is 5.91 Å². The molecule has 8 heteroatoms. The average molecular weight is 471 g/mol. The number of rotatable bonds is 7. The number of ether oxygens (including phenoxy) is 2. The van der Waals surface area contributed by atoms with E-state index in [1.165, 1.54) is 4.31 Å². The third-order valence-electron chi connectivity index (χ3n) is 6.14. The van der Waals surface area contributed by atoms with Gasteiger partial charge in [-0.2, -0.15) is 4.31 Å². The molecule has 1 amide bonds. The minimum Gasteiger partial charge on any atom is -0.486 e. The first-order valence-electron chi connectivity index (χ1n) is 11.0. The molecular formula is C25H30N2O5S. The maximum absolute atomic E-state index is 13.2. The molecule has 2 heterocycles. The number of aryl methyl sites for hydroxylation is 2. The Morgan fingerprint density at radius 1 is 1.03 bits per heavy atom. The molecule has 33 heavy (non-hydrogen) atoms. The van der Waals surface area contributed by atoms with Crippen LogP contribution in [0.5, 0.6) is 5.75 Å². The summed E-state index contributed by atoms with van der Waals surface area (Å²) in [6.07, 6.45) is 3.08. The monoisotopic (exact) mass is 470 g/mol. The van der Waals surface area contributed by atoms with Gasteiger partial charge >= 0.3 is 0 Å². The Morgan fingerprint density at radius 3 is 2.48 bits per heavy atom. The molecule has 1 saturated heterocycles. The molecule has 0 aromatic heterocycles. The number of nitrogens with zero attached hydrogens (tertiary/aromatic N) is 2. The van der Waals surface area contributed by atoms with Gasteiger partial charge < -0.3 is 14.4 Å². The molecule has 4 rings (SSSR count). The van der Waals surface area contributed by atoms with E-state index in [1.807, 2.05) is 44.2 Å². The minimum absolute atomic E-state index is 0.0385. The van der Waals surface area contributed by atoms with Crippen molar-refractivity contribution < 1.29 is 22.7 Å². The van der Waals surface area contributed by atoms with Crippen LogP contribution >= 0.6 is 0 Å². The van der Waals surface area contributed by atoms with Gasteiger partial charge in [-0.15, -0.1) is 0 Å². The van der Waals surface area contributed by atoms with Gasteiger partial charge in [-0.25, -0.2) is 8.42 Å². The van der Waals surface area contributed by atoms with E-state index in [9.17, 15) is 13.2 Å². The Hall–Kier alpha value is -2.68. The van der Waals surface area contributed by atoms with Gasteiger partial charge in [0.1, 0.15) is 18.0 Å². The van der Waals surface area contributed by atoms with Crippen molar-refractivity contribution in [3.63, 3.8) is 0 Å². The number of methoxy groups -OCH3 is 1. The summed E-state index contributed by atoms with van der Waals surface area (Å²) in [4.78, 5) is 14.9. The van der Waals surface area contributed by atoms with Crippen molar-refractivity contribution in [2.24, 2.45) is 0 Å². The minimum atomic E-state index is -3.39. The van der Waals surface area contributed by atoms with Crippen LogP contribution in [0.3, 0.4) is 0 Å². The Bertz CT molecular complexity index is 1150. The molecule has 2 aromatic rings. The lowest BCUT2D eigenvalue weighted by Crippen LogP contribution is -2.32. The standard InChI is InChI=1S/C25H30N2O5S/c1-18-9-10-19(2)22(13-18)25(28)26-15-23(31-3)24(16-26)32-21-8-6-7-20(14-21)17-33(29,30)27-11-4-5-12-27/h4-10,13-14,23-24H,11-12,15-17H2,1-3H3. The molecular weight excluding hydrogens is 440 g/mol. The second-order valence-corrected chi connectivity index (χ2v) is 10.6. The Morgan fingerprint density at radius 2 is 1.76 bits per heavy atom. The van der Waals surface area contributed by atoms with Gasteiger partial charge in [0, 0.05) is 25.8 Å². The Balaban J connectivity index is 1.45. The average Bonchev–Trinajstić information content (AvgIpc) is 3.46. The van der Waals surface area contributed by atoms with Crippen LogP contribution in [0, 0.1) is 13.8 Å². The zero-order chi connectivity index (χ0) is 23.6. The molecule has 0 bridgehead atoms. The van der Waals surface area contributed by atoms with Gasteiger partial charge in [-0.3, -0.25) is 4.79 Å². The van der Waals surface area contributed by atoms with Crippen molar-refractivity contribution in [2.75, 3.05) is 33.3 Å². The van der Waals surface area contributed by atoms with Crippen LogP contribution in [0.1, 0.15) is 27.0 Å². The van der Waals surface area contributed by atoms with Crippen molar-refractivity contribution in [3.8, 4) is 5.75 Å². The molecule has 176 valence electrons. The van der Waals surface area contributed by atoms with Crippen LogP contribution in [0.15, 0.2) is 54.6 Å². The molecule has 2 aliphatic heterocycles. The maximum Gasteiger partial charge on any atom is 0.254 e. The fourth-order valence-corrected chi connectivity index (χ4v) is 5.67. The second-order valence-electron chi connectivity index (χ2n) is 8.65. The van der Waals surface area contributed by atoms with E-state index in [0.717, 1.165) is 11.1 Å². The van der Waals surface area contributed by atoms with Crippen LogP contribution in [-0.2, 0) is 20.5 Å². The van der Waals surface area contributed by atoms with E-state index in [0.29, 0.717) is 43.1 Å². The highest BCUT2D eigenvalue weighted by Crippen LogP contribution is 2.25. The van der Waals surface area contributed by atoms with Crippen LogP contribution in [0.25, 0.3) is 0 Å². The highest BCUT2D eigenvalue weighted by molar-refractivity contribution is 7.88. The fourth-order valence-electron chi connectivity index (χ4n) is 4.26. The first-order chi connectivity index (χ1) is 15.8. The van der Waals surface area contributed by atoms with E-state index < -0.39 is 10.0 Å². The Labute approximate surface area is 195 Å². The predicted molar refractivity (Wildman–Crippen MR) is 127 cm³/mol. The first kappa shape index (κ1) is 23.5. The third-order valence-corrected chi connectivity index (χ3v) is 7.92. The van der Waals surface area contributed by atoms with Gasteiger partial charge in [0.2, 0.25) is 10.0 Å². The van der Waals surface area contributed by atoms with Crippen LogP contribution < -0.4 is 4.74 Å². The van der Waals surface area contributed by atoms with E-state index >= 15 is 0 Å². The highest BCUT2D eigenvalue weighted by Gasteiger charge is 2.38. The fraction of sp³-hybridized carbons (Fsp3) is 0.400. The van der Waals surface area contributed by atoms with Crippen LogP contribution in [0.2, 0.25) is 0 Å². The molecule has 2 aromatic carbocycles. The summed E-state index contributed by atoms with van der Waals surface area (Å²) in [7, 11) is -1.78. The lowest BCUT2D eigenvalue weighted by atomic mass is 10.0. The summed E-state index contributed by atoms with van der Waals surface area (Å²) in [6, 6.07) is 13.0. The molecule has 0 radical (unpaired) electrons. The largest absolute Gasteiger partial charge is 0.486 e. The van der Waals surface area contributed by atoms with Gasteiger partial charge in [-0.1, -0.05) is 42.0 Å². The summed E-state index contributed by atoms with van der Waals surface area (Å²) < 4.78 is 38.5. The van der Waals surface area contributed by atoms with Crippen molar-refractivity contribution >= 4 is 15.9 Å². The normalized spacial score (nSPS) is 21.0. The molecule has 0 spiro atoms. The van der Waals surface area contributed by atoms with E-state index in [4.69, 9.17) is 9.47 Å². The number of carbonyl (C=O) groups is 1. The number of carbonyl (C=O) groups excluding carboxylic acids is 1. The molecule has 2 unspecified atom stereocenters. The van der Waals surface area contributed by atoms with E-state index in [1.54, 1.807) is 36.3 Å². The van der Waals surface area contributed by atoms with Gasteiger partial charge in [-0.05, 0) is 43.2 Å². The summed E-state index contributed by atoms with van der Waals surface area (Å²) in [5.74, 6) is 0.445. The predicted octanol–water partition coefficient (Wildman–Crippen LogP) is 2.92. The van der Waals surface area contributed by atoms with E-state index in [2.05, 4.69) is 0 Å². The topological polar surface area (TPSA) is 76.1 Å². The van der Waals surface area contributed by atoms with Crippen LogP contribution in [0.4, 0.5) is 0 Å². The zero-order valence-electron chi connectivity index (χ0n) is 19.2. The number of likely N-dealkylation sites (tertiary alicyclic amines) is 1. The molecule has 0 saturated carbocycles. The maximum atomic E-state index is 13.2. The molecule has 7 nitrogen and oxygen atoms in total. The zero-order valence-corrected chi connectivity index (χ0v) is 20.0. The summed E-state index contributed by atoms with van der Waals surface area (Å²) >= 11 is 0. The molecule has 0 N–H and O–H groups in total. The number of hydrogen-bond donors (Lipinski definition) is 0.